The first-order valence-corrected chi connectivity index (χ1v) is 9.17. The molecule has 0 saturated heterocycles. The van der Waals surface area contributed by atoms with Gasteiger partial charge in [0.15, 0.2) is 12.4 Å². The molecule has 0 aliphatic rings. The van der Waals surface area contributed by atoms with Crippen molar-refractivity contribution in [2.75, 3.05) is 11.9 Å². The molecule has 5 nitrogen and oxygen atoms in total. The van der Waals surface area contributed by atoms with E-state index < -0.39 is 5.97 Å². The molecule has 0 fully saturated rings. The third-order valence-electron chi connectivity index (χ3n) is 4.40. The van der Waals surface area contributed by atoms with E-state index in [1.54, 1.807) is 48.5 Å². The fraction of sp³-hybridized carbons (Fsp3) is 0.125. The summed E-state index contributed by atoms with van der Waals surface area (Å²) in [4.78, 5) is 36.5. The quantitative estimate of drug-likeness (QED) is 0.496. The number of rotatable bonds is 6. The number of amides is 1. The molecule has 3 aromatic carbocycles. The van der Waals surface area contributed by atoms with Crippen LogP contribution < -0.4 is 5.32 Å². The van der Waals surface area contributed by atoms with E-state index >= 15 is 0 Å². The standard InChI is InChI=1S/C24H21NO4/c1-16-3-7-18(8-4-16)22(26)15-29-24(28)20-11-13-21(14-12-20)25-23(27)19-9-5-17(2)6-10-19/h3-14H,15H2,1-2H3,(H,25,27). The molecular weight excluding hydrogens is 366 g/mol. The van der Waals surface area contributed by atoms with Crippen molar-refractivity contribution in [2.45, 2.75) is 13.8 Å². The summed E-state index contributed by atoms with van der Waals surface area (Å²) in [6, 6.07) is 20.6. The lowest BCUT2D eigenvalue weighted by Gasteiger charge is -2.08. The number of ether oxygens (including phenoxy) is 1. The van der Waals surface area contributed by atoms with Crippen molar-refractivity contribution in [1.29, 1.82) is 0 Å². The van der Waals surface area contributed by atoms with Crippen molar-refractivity contribution in [3.05, 3.63) is 101 Å². The molecule has 146 valence electrons. The molecule has 1 N–H and O–H groups in total. The predicted octanol–water partition coefficient (Wildman–Crippen LogP) is 4.60. The van der Waals surface area contributed by atoms with Crippen molar-refractivity contribution in [1.82, 2.24) is 0 Å². The largest absolute Gasteiger partial charge is 0.454 e. The van der Waals surface area contributed by atoms with Crippen molar-refractivity contribution in [3.63, 3.8) is 0 Å². The van der Waals surface area contributed by atoms with E-state index in [1.807, 2.05) is 38.1 Å². The van der Waals surface area contributed by atoms with E-state index in [0.717, 1.165) is 11.1 Å². The number of hydrogen-bond donors (Lipinski definition) is 1. The van der Waals surface area contributed by atoms with Crippen LogP contribution in [0, 0.1) is 13.8 Å². The van der Waals surface area contributed by atoms with Crippen LogP contribution in [0.2, 0.25) is 0 Å². The normalized spacial score (nSPS) is 10.3. The molecule has 0 spiro atoms. The molecule has 0 aliphatic heterocycles. The number of ketones is 1. The summed E-state index contributed by atoms with van der Waals surface area (Å²) in [7, 11) is 0. The van der Waals surface area contributed by atoms with Gasteiger partial charge in [-0.2, -0.15) is 0 Å². The summed E-state index contributed by atoms with van der Waals surface area (Å²) in [5, 5.41) is 2.77. The Morgan fingerprint density at radius 3 is 1.72 bits per heavy atom. The van der Waals surface area contributed by atoms with Gasteiger partial charge in [0.2, 0.25) is 0 Å². The molecule has 0 aromatic heterocycles. The van der Waals surface area contributed by atoms with Crippen molar-refractivity contribution in [3.8, 4) is 0 Å². The summed E-state index contributed by atoms with van der Waals surface area (Å²) in [5.74, 6) is -1.09. The summed E-state index contributed by atoms with van der Waals surface area (Å²) < 4.78 is 5.10. The van der Waals surface area contributed by atoms with Gasteiger partial charge in [-0.15, -0.1) is 0 Å². The van der Waals surface area contributed by atoms with Crippen LogP contribution in [0.25, 0.3) is 0 Å². The van der Waals surface area contributed by atoms with Gasteiger partial charge < -0.3 is 10.1 Å². The molecule has 0 aliphatic carbocycles. The fourth-order valence-corrected chi connectivity index (χ4v) is 2.64. The number of carbonyl (C=O) groups is 3. The maximum absolute atomic E-state index is 12.2. The zero-order chi connectivity index (χ0) is 20.8. The van der Waals surface area contributed by atoms with E-state index in [0.29, 0.717) is 22.4 Å². The highest BCUT2D eigenvalue weighted by Crippen LogP contribution is 2.13. The number of hydrogen-bond acceptors (Lipinski definition) is 4. The lowest BCUT2D eigenvalue weighted by molar-refractivity contribution is 0.0475. The zero-order valence-electron chi connectivity index (χ0n) is 16.3. The maximum atomic E-state index is 12.2. The Morgan fingerprint density at radius 2 is 1.17 bits per heavy atom. The monoisotopic (exact) mass is 387 g/mol. The SMILES string of the molecule is Cc1ccc(C(=O)COC(=O)c2ccc(NC(=O)c3ccc(C)cc3)cc2)cc1. The number of carbonyl (C=O) groups excluding carboxylic acids is 3. The molecule has 0 bridgehead atoms. The summed E-state index contributed by atoms with van der Waals surface area (Å²) in [6.07, 6.45) is 0. The van der Waals surface area contributed by atoms with Gasteiger partial charge in [-0.1, -0.05) is 47.5 Å². The Bertz CT molecular complexity index is 1020. The van der Waals surface area contributed by atoms with Gasteiger partial charge in [-0.3, -0.25) is 9.59 Å². The number of esters is 1. The second kappa shape index (κ2) is 8.97. The van der Waals surface area contributed by atoms with Crippen molar-refractivity contribution < 1.29 is 19.1 Å². The van der Waals surface area contributed by atoms with Crippen molar-refractivity contribution in [2.24, 2.45) is 0 Å². The van der Waals surface area contributed by atoms with Crippen LogP contribution in [-0.4, -0.2) is 24.3 Å². The van der Waals surface area contributed by atoms with Crippen LogP contribution in [0.15, 0.2) is 72.8 Å². The molecule has 29 heavy (non-hydrogen) atoms. The van der Waals surface area contributed by atoms with Crippen LogP contribution in [0.1, 0.15) is 42.2 Å². The first kappa shape index (κ1) is 20.0. The molecule has 0 radical (unpaired) electrons. The number of Topliss-reactive ketones (excluding diaryl/α,β-unsaturated/α-hetero) is 1. The second-order valence-electron chi connectivity index (χ2n) is 6.76. The zero-order valence-corrected chi connectivity index (χ0v) is 16.3. The number of nitrogens with one attached hydrogen (secondary N) is 1. The summed E-state index contributed by atoms with van der Waals surface area (Å²) >= 11 is 0. The van der Waals surface area contributed by atoms with E-state index in [4.69, 9.17) is 4.74 Å². The Morgan fingerprint density at radius 1 is 0.690 bits per heavy atom. The maximum Gasteiger partial charge on any atom is 0.338 e. The number of anilines is 1. The van der Waals surface area contributed by atoms with Crippen LogP contribution >= 0.6 is 0 Å². The average molecular weight is 387 g/mol. The van der Waals surface area contributed by atoms with Gasteiger partial charge in [-0.25, -0.2) is 4.79 Å². The molecule has 3 aromatic rings. The van der Waals surface area contributed by atoms with Gasteiger partial charge in [-0.05, 0) is 50.2 Å². The number of benzene rings is 3. The summed E-state index contributed by atoms with van der Waals surface area (Å²) in [6.45, 7) is 3.56. The third-order valence-corrected chi connectivity index (χ3v) is 4.40. The van der Waals surface area contributed by atoms with E-state index in [1.165, 1.54) is 0 Å². The Hall–Kier alpha value is -3.73. The number of aryl methyl sites for hydroxylation is 2. The van der Waals surface area contributed by atoms with Crippen LogP contribution in [0.4, 0.5) is 5.69 Å². The van der Waals surface area contributed by atoms with E-state index in [9.17, 15) is 14.4 Å². The predicted molar refractivity (Wildman–Crippen MR) is 111 cm³/mol. The second-order valence-corrected chi connectivity index (χ2v) is 6.76. The minimum absolute atomic E-state index is 0.232. The lowest BCUT2D eigenvalue weighted by atomic mass is 10.1. The van der Waals surface area contributed by atoms with Crippen LogP contribution in [0.5, 0.6) is 0 Å². The van der Waals surface area contributed by atoms with Gasteiger partial charge in [0.25, 0.3) is 5.91 Å². The van der Waals surface area contributed by atoms with E-state index in [2.05, 4.69) is 5.32 Å². The minimum atomic E-state index is -0.595. The third kappa shape index (κ3) is 5.39. The molecule has 0 atom stereocenters. The highest BCUT2D eigenvalue weighted by atomic mass is 16.5. The molecular formula is C24H21NO4. The minimum Gasteiger partial charge on any atom is -0.454 e. The average Bonchev–Trinajstić information content (AvgIpc) is 2.73. The summed E-state index contributed by atoms with van der Waals surface area (Å²) in [5.41, 5.74) is 4.03. The molecule has 0 saturated carbocycles. The van der Waals surface area contributed by atoms with Gasteiger partial charge in [0.1, 0.15) is 0 Å². The molecule has 1 amide bonds. The smallest absolute Gasteiger partial charge is 0.338 e. The highest BCUT2D eigenvalue weighted by molar-refractivity contribution is 6.04. The molecule has 0 unspecified atom stereocenters. The highest BCUT2D eigenvalue weighted by Gasteiger charge is 2.12. The Balaban J connectivity index is 1.55. The van der Waals surface area contributed by atoms with Crippen LogP contribution in [0.3, 0.4) is 0 Å². The molecule has 0 heterocycles. The van der Waals surface area contributed by atoms with Crippen LogP contribution in [-0.2, 0) is 4.74 Å². The first-order chi connectivity index (χ1) is 13.9. The molecule has 5 heteroatoms. The Kier molecular flexibility index (Phi) is 6.19. The van der Waals surface area contributed by atoms with Gasteiger partial charge in [0.05, 0.1) is 5.56 Å². The molecule has 3 rings (SSSR count). The van der Waals surface area contributed by atoms with Crippen molar-refractivity contribution >= 4 is 23.3 Å². The topological polar surface area (TPSA) is 72.5 Å². The fourth-order valence-electron chi connectivity index (χ4n) is 2.64. The Labute approximate surface area is 169 Å². The van der Waals surface area contributed by atoms with Gasteiger partial charge in [0, 0.05) is 16.8 Å². The van der Waals surface area contributed by atoms with Gasteiger partial charge >= 0.3 is 5.97 Å². The van der Waals surface area contributed by atoms with E-state index in [-0.39, 0.29) is 18.3 Å². The lowest BCUT2D eigenvalue weighted by Crippen LogP contribution is -2.15. The first-order valence-electron chi connectivity index (χ1n) is 9.17.